The van der Waals surface area contributed by atoms with Gasteiger partial charge < -0.3 is 19.7 Å². The van der Waals surface area contributed by atoms with Crippen LogP contribution in [0.5, 0.6) is 0 Å². The Hall–Kier alpha value is -2.33. The highest BCUT2D eigenvalue weighted by atomic mass is 19.1. The Balaban J connectivity index is 1.46. The van der Waals surface area contributed by atoms with Gasteiger partial charge in [0.15, 0.2) is 0 Å². The Bertz CT molecular complexity index is 974. The van der Waals surface area contributed by atoms with Gasteiger partial charge in [-0.05, 0) is 24.6 Å². The van der Waals surface area contributed by atoms with Crippen molar-refractivity contribution in [2.45, 2.75) is 24.9 Å². The predicted molar refractivity (Wildman–Crippen MR) is 89.7 cm³/mol. The fourth-order valence-electron chi connectivity index (χ4n) is 3.49. The maximum atomic E-state index is 13.5. The molecule has 136 valence electrons. The van der Waals surface area contributed by atoms with E-state index in [-0.39, 0.29) is 11.9 Å². The number of nitrogens with zero attached hydrogens (tertiary/aromatic N) is 3. The van der Waals surface area contributed by atoms with Gasteiger partial charge in [-0.1, -0.05) is 0 Å². The first kappa shape index (κ1) is 15.9. The lowest BCUT2D eigenvalue weighted by molar-refractivity contribution is -0.0150. The van der Waals surface area contributed by atoms with Crippen molar-refractivity contribution in [3.05, 3.63) is 30.3 Å². The number of halogens is 1. The normalized spacial score (nSPS) is 22.2. The van der Waals surface area contributed by atoms with Gasteiger partial charge in [0, 0.05) is 24.9 Å². The van der Waals surface area contributed by atoms with E-state index >= 15 is 0 Å². The van der Waals surface area contributed by atoms with Gasteiger partial charge in [0.2, 0.25) is 0 Å². The summed E-state index contributed by atoms with van der Waals surface area (Å²) in [4.78, 5) is 23.1. The lowest BCUT2D eigenvalue weighted by Crippen LogP contribution is -2.43. The number of aliphatic hydroxyl groups is 1. The van der Waals surface area contributed by atoms with Gasteiger partial charge in [-0.2, -0.15) is 9.78 Å². The average Bonchev–Trinajstić information content (AvgIpc) is 3.27. The van der Waals surface area contributed by atoms with Crippen molar-refractivity contribution in [1.29, 1.82) is 0 Å². The molecule has 2 aliphatic heterocycles. The van der Waals surface area contributed by atoms with Crippen molar-refractivity contribution in [2.24, 2.45) is 0 Å². The number of H-pyrrole nitrogens is 1. The smallest absolute Gasteiger partial charge is 0.337 e. The Morgan fingerprint density at radius 1 is 1.35 bits per heavy atom. The van der Waals surface area contributed by atoms with Gasteiger partial charge >= 0.3 is 5.97 Å². The molecule has 0 saturated carbocycles. The Labute approximate surface area is 147 Å². The first-order valence-corrected chi connectivity index (χ1v) is 8.49. The third-order valence-electron chi connectivity index (χ3n) is 4.83. The molecule has 26 heavy (non-hydrogen) atoms. The number of fused-ring (bicyclic) bond motifs is 3. The van der Waals surface area contributed by atoms with Crippen molar-refractivity contribution < 1.29 is 24.0 Å². The molecule has 9 heteroatoms. The highest BCUT2D eigenvalue weighted by Gasteiger charge is 2.47. The zero-order valence-corrected chi connectivity index (χ0v) is 13.8. The minimum Gasteiger partial charge on any atom is -0.375 e. The molecule has 2 N–H and O–H groups in total. The predicted octanol–water partition coefficient (Wildman–Crippen LogP) is 1.84. The molecule has 2 saturated heterocycles. The van der Waals surface area contributed by atoms with Crippen molar-refractivity contribution in [3.63, 3.8) is 0 Å². The van der Waals surface area contributed by atoms with E-state index in [1.807, 2.05) is 0 Å². The first-order valence-electron chi connectivity index (χ1n) is 8.49. The van der Waals surface area contributed by atoms with E-state index in [4.69, 9.17) is 4.74 Å². The van der Waals surface area contributed by atoms with Crippen LogP contribution in [0, 0.1) is 5.82 Å². The van der Waals surface area contributed by atoms with Gasteiger partial charge in [0.05, 0.1) is 23.6 Å². The number of morpholine rings is 1. The summed E-state index contributed by atoms with van der Waals surface area (Å²) in [7, 11) is 0. The summed E-state index contributed by atoms with van der Waals surface area (Å²) in [6.45, 7) is 1.86. The largest absolute Gasteiger partial charge is 0.375 e. The van der Waals surface area contributed by atoms with Crippen molar-refractivity contribution in [1.82, 2.24) is 15.0 Å². The van der Waals surface area contributed by atoms with E-state index in [0.29, 0.717) is 43.7 Å². The van der Waals surface area contributed by atoms with E-state index in [1.165, 1.54) is 18.5 Å². The SMILES string of the molecule is OC1(CC[C@@H]2CN(c3ncnc4[nH]c5cc(F)ccc5c34)CCO2)OO1. The maximum Gasteiger partial charge on any atom is 0.337 e. The topological polar surface area (TPSA) is 99.3 Å². The van der Waals surface area contributed by atoms with Crippen LogP contribution in [0.15, 0.2) is 24.5 Å². The van der Waals surface area contributed by atoms with Gasteiger partial charge in [-0.3, -0.25) is 0 Å². The number of anilines is 1. The number of ether oxygens (including phenoxy) is 1. The van der Waals surface area contributed by atoms with Crippen LogP contribution >= 0.6 is 0 Å². The highest BCUT2D eigenvalue weighted by Crippen LogP contribution is 2.34. The van der Waals surface area contributed by atoms with Crippen LogP contribution in [0.3, 0.4) is 0 Å². The second-order valence-electron chi connectivity index (χ2n) is 6.59. The standard InChI is InChI=1S/C17H17FN4O4/c18-10-1-2-12-13(7-10)21-15-14(12)16(20-9-19-15)22-5-6-24-11(8-22)3-4-17(23)25-26-17/h1-2,7,9,11,23H,3-6,8H2,(H,19,20,21)/t11-/m1/s1. The zero-order chi connectivity index (χ0) is 17.7. The molecule has 2 aliphatic rings. The molecule has 3 aromatic rings. The lowest BCUT2D eigenvalue weighted by Gasteiger charge is -2.34. The third kappa shape index (κ3) is 2.78. The number of hydrogen-bond acceptors (Lipinski definition) is 7. The summed E-state index contributed by atoms with van der Waals surface area (Å²) in [6.07, 6.45) is 2.37. The molecular formula is C17H17FN4O4. The molecular weight excluding hydrogens is 343 g/mol. The van der Waals surface area contributed by atoms with Crippen molar-refractivity contribution in [2.75, 3.05) is 24.6 Å². The lowest BCUT2D eigenvalue weighted by atomic mass is 10.1. The summed E-state index contributed by atoms with van der Waals surface area (Å²) >= 11 is 0. The molecule has 0 bridgehead atoms. The Morgan fingerprint density at radius 2 is 2.23 bits per heavy atom. The van der Waals surface area contributed by atoms with E-state index < -0.39 is 5.97 Å². The van der Waals surface area contributed by atoms with Crippen LogP contribution in [0.4, 0.5) is 10.2 Å². The molecule has 1 atom stereocenters. The first-order chi connectivity index (χ1) is 12.6. The van der Waals surface area contributed by atoms with Crippen molar-refractivity contribution >= 4 is 27.8 Å². The van der Waals surface area contributed by atoms with Crippen LogP contribution in [0.1, 0.15) is 12.8 Å². The summed E-state index contributed by atoms with van der Waals surface area (Å²) in [5, 5.41) is 11.4. The van der Waals surface area contributed by atoms with Crippen LogP contribution < -0.4 is 4.90 Å². The molecule has 0 unspecified atom stereocenters. The molecule has 0 radical (unpaired) electrons. The van der Waals surface area contributed by atoms with E-state index in [0.717, 1.165) is 16.6 Å². The molecule has 2 fully saturated rings. The summed E-state index contributed by atoms with van der Waals surface area (Å²) in [6, 6.07) is 4.63. The Kier molecular flexibility index (Phi) is 3.57. The third-order valence-corrected chi connectivity index (χ3v) is 4.83. The van der Waals surface area contributed by atoms with Crippen LogP contribution in [-0.2, 0) is 14.5 Å². The molecule has 0 amide bonds. The summed E-state index contributed by atoms with van der Waals surface area (Å²) in [5.74, 6) is -0.958. The van der Waals surface area contributed by atoms with Gasteiger partial charge in [-0.15, -0.1) is 0 Å². The monoisotopic (exact) mass is 360 g/mol. The van der Waals surface area contributed by atoms with E-state index in [1.54, 1.807) is 6.07 Å². The molecule has 8 nitrogen and oxygen atoms in total. The average molecular weight is 360 g/mol. The van der Waals surface area contributed by atoms with Crippen LogP contribution in [0.25, 0.3) is 21.9 Å². The Morgan fingerprint density at radius 3 is 3.08 bits per heavy atom. The summed E-state index contributed by atoms with van der Waals surface area (Å²) < 4.78 is 19.3. The minimum absolute atomic E-state index is 0.0757. The van der Waals surface area contributed by atoms with Gasteiger partial charge in [0.1, 0.15) is 23.6 Å². The number of aromatic nitrogens is 3. The van der Waals surface area contributed by atoms with E-state index in [2.05, 4.69) is 29.6 Å². The zero-order valence-electron chi connectivity index (χ0n) is 13.8. The molecule has 0 spiro atoms. The van der Waals surface area contributed by atoms with E-state index in [9.17, 15) is 9.50 Å². The number of hydrogen-bond donors (Lipinski definition) is 2. The molecule has 1 aromatic carbocycles. The molecule has 2 aromatic heterocycles. The minimum atomic E-state index is -1.45. The molecule has 5 rings (SSSR count). The van der Waals surface area contributed by atoms with Crippen molar-refractivity contribution in [3.8, 4) is 0 Å². The quantitative estimate of drug-likeness (QED) is 0.541. The van der Waals surface area contributed by atoms with Gasteiger partial charge in [-0.25, -0.2) is 14.4 Å². The number of aromatic amines is 1. The maximum absolute atomic E-state index is 13.5. The number of nitrogens with one attached hydrogen (secondary N) is 1. The van der Waals surface area contributed by atoms with Gasteiger partial charge in [0.25, 0.3) is 0 Å². The van der Waals surface area contributed by atoms with Crippen LogP contribution in [-0.4, -0.2) is 51.8 Å². The second-order valence-corrected chi connectivity index (χ2v) is 6.59. The number of benzene rings is 1. The molecule has 4 heterocycles. The second kappa shape index (κ2) is 5.85. The number of rotatable bonds is 4. The molecule has 0 aliphatic carbocycles. The fraction of sp³-hybridized carbons (Fsp3) is 0.412. The fourth-order valence-corrected chi connectivity index (χ4v) is 3.49. The highest BCUT2D eigenvalue weighted by molar-refractivity contribution is 6.11. The summed E-state index contributed by atoms with van der Waals surface area (Å²) in [5.41, 5.74) is 1.37. The van der Waals surface area contributed by atoms with Crippen LogP contribution in [0.2, 0.25) is 0 Å².